The number of nitrogens with zero attached hydrogens (tertiary/aromatic N) is 3. The summed E-state index contributed by atoms with van der Waals surface area (Å²) in [6.07, 6.45) is 4.51. The van der Waals surface area contributed by atoms with Gasteiger partial charge in [-0.25, -0.2) is 4.39 Å². The maximum Gasteiger partial charge on any atom is 0.261 e. The molecule has 1 unspecified atom stereocenters. The van der Waals surface area contributed by atoms with Crippen molar-refractivity contribution < 1.29 is 13.9 Å². The summed E-state index contributed by atoms with van der Waals surface area (Å²) < 4.78 is 20.6. The quantitative estimate of drug-likeness (QED) is 0.739. The van der Waals surface area contributed by atoms with Crippen LogP contribution in [0.3, 0.4) is 0 Å². The molecule has 1 aromatic carbocycles. The molecule has 6 nitrogen and oxygen atoms in total. The third-order valence-corrected chi connectivity index (χ3v) is 3.80. The van der Waals surface area contributed by atoms with Crippen molar-refractivity contribution in [3.05, 3.63) is 66.4 Å². The molecule has 0 radical (unpaired) electrons. The Hall–Kier alpha value is -3.22. The molecule has 0 fully saturated rings. The van der Waals surface area contributed by atoms with Gasteiger partial charge in [-0.2, -0.15) is 5.10 Å². The van der Waals surface area contributed by atoms with Crippen LogP contribution in [0.4, 0.5) is 4.39 Å². The third kappa shape index (κ3) is 4.24. The fraction of sp³-hybridized carbons (Fsp3) is 0.211. The van der Waals surface area contributed by atoms with Crippen molar-refractivity contribution in [2.24, 2.45) is 7.05 Å². The van der Waals surface area contributed by atoms with E-state index in [1.807, 2.05) is 25.4 Å². The molecule has 1 N–H and O–H groups in total. The molecule has 134 valence electrons. The van der Waals surface area contributed by atoms with Gasteiger partial charge >= 0.3 is 0 Å². The Labute approximate surface area is 150 Å². The molecule has 0 saturated carbocycles. The highest BCUT2D eigenvalue weighted by molar-refractivity contribution is 5.80. The van der Waals surface area contributed by atoms with Crippen molar-refractivity contribution in [3.8, 4) is 17.0 Å². The van der Waals surface area contributed by atoms with Gasteiger partial charge in [0.15, 0.2) is 17.7 Å². The molecule has 2 aromatic heterocycles. The zero-order chi connectivity index (χ0) is 18.5. The SMILES string of the molecule is CC(Oc1ccccc1F)C(=O)NCc1ccc(-c2cnn(C)c2)nc1. The number of benzene rings is 1. The van der Waals surface area contributed by atoms with E-state index in [9.17, 15) is 9.18 Å². The first kappa shape index (κ1) is 17.6. The zero-order valence-corrected chi connectivity index (χ0v) is 14.5. The monoisotopic (exact) mass is 354 g/mol. The number of rotatable bonds is 6. The number of para-hydroxylation sites is 1. The summed E-state index contributed by atoms with van der Waals surface area (Å²) in [5.74, 6) is -0.774. The van der Waals surface area contributed by atoms with E-state index in [-0.39, 0.29) is 11.7 Å². The van der Waals surface area contributed by atoms with Crippen LogP contribution in [-0.2, 0) is 18.4 Å². The second kappa shape index (κ2) is 7.77. The molecule has 26 heavy (non-hydrogen) atoms. The van der Waals surface area contributed by atoms with Crippen LogP contribution in [0.5, 0.6) is 5.75 Å². The maximum absolute atomic E-state index is 13.6. The van der Waals surface area contributed by atoms with Crippen LogP contribution in [-0.4, -0.2) is 26.8 Å². The van der Waals surface area contributed by atoms with Crippen LogP contribution in [0.25, 0.3) is 11.3 Å². The fourth-order valence-corrected chi connectivity index (χ4v) is 2.37. The topological polar surface area (TPSA) is 69.0 Å². The lowest BCUT2D eigenvalue weighted by atomic mass is 10.2. The minimum Gasteiger partial charge on any atom is -0.478 e. The smallest absolute Gasteiger partial charge is 0.261 e. The first-order valence-corrected chi connectivity index (χ1v) is 8.16. The average Bonchev–Trinajstić information content (AvgIpc) is 3.08. The summed E-state index contributed by atoms with van der Waals surface area (Å²) in [7, 11) is 1.85. The van der Waals surface area contributed by atoms with Gasteiger partial charge in [-0.05, 0) is 30.7 Å². The van der Waals surface area contributed by atoms with Crippen molar-refractivity contribution in [1.29, 1.82) is 0 Å². The molecule has 1 atom stereocenters. The molecule has 1 amide bonds. The normalized spacial score (nSPS) is 11.8. The van der Waals surface area contributed by atoms with Gasteiger partial charge in [0, 0.05) is 31.5 Å². The Balaban J connectivity index is 1.55. The fourth-order valence-electron chi connectivity index (χ4n) is 2.37. The number of ether oxygens (including phenoxy) is 1. The van der Waals surface area contributed by atoms with Gasteiger partial charge in [0.05, 0.1) is 11.9 Å². The number of halogens is 1. The lowest BCUT2D eigenvalue weighted by Gasteiger charge is -2.15. The summed E-state index contributed by atoms with van der Waals surface area (Å²) in [4.78, 5) is 16.5. The molecule has 3 aromatic rings. The van der Waals surface area contributed by atoms with Gasteiger partial charge < -0.3 is 10.1 Å². The largest absolute Gasteiger partial charge is 0.478 e. The molecule has 3 rings (SSSR count). The van der Waals surface area contributed by atoms with E-state index >= 15 is 0 Å². The summed E-state index contributed by atoms with van der Waals surface area (Å²) >= 11 is 0. The minimum atomic E-state index is -0.811. The molecule has 0 aliphatic carbocycles. The molecule has 0 bridgehead atoms. The van der Waals surface area contributed by atoms with Gasteiger partial charge in [-0.1, -0.05) is 18.2 Å². The Morgan fingerprint density at radius 2 is 2.08 bits per heavy atom. The van der Waals surface area contributed by atoms with Crippen molar-refractivity contribution >= 4 is 5.91 Å². The zero-order valence-electron chi connectivity index (χ0n) is 14.5. The van der Waals surface area contributed by atoms with Crippen molar-refractivity contribution in [3.63, 3.8) is 0 Å². The van der Waals surface area contributed by atoms with Crippen molar-refractivity contribution in [2.75, 3.05) is 0 Å². The van der Waals surface area contributed by atoms with Crippen LogP contribution in [0, 0.1) is 5.82 Å². The van der Waals surface area contributed by atoms with E-state index in [2.05, 4.69) is 15.4 Å². The Bertz CT molecular complexity index is 893. The number of amides is 1. The van der Waals surface area contributed by atoms with Crippen LogP contribution >= 0.6 is 0 Å². The van der Waals surface area contributed by atoms with Gasteiger partial charge in [-0.15, -0.1) is 0 Å². The number of pyridine rings is 1. The predicted octanol–water partition coefficient (Wildman–Crippen LogP) is 2.70. The molecule has 7 heteroatoms. The van der Waals surface area contributed by atoms with Gasteiger partial charge in [0.1, 0.15) is 0 Å². The average molecular weight is 354 g/mol. The molecule has 0 aliphatic rings. The third-order valence-electron chi connectivity index (χ3n) is 3.80. The minimum absolute atomic E-state index is 0.0534. The van der Waals surface area contributed by atoms with E-state index in [0.29, 0.717) is 6.54 Å². The van der Waals surface area contributed by atoms with Gasteiger partial charge in [-0.3, -0.25) is 14.5 Å². The molecular weight excluding hydrogens is 335 g/mol. The van der Waals surface area contributed by atoms with E-state index in [1.165, 1.54) is 12.1 Å². The van der Waals surface area contributed by atoms with Crippen LogP contribution < -0.4 is 10.1 Å². The standard InChI is InChI=1S/C19H19FN4O2/c1-13(26-18-6-4-3-5-16(18)20)19(25)22-10-14-7-8-17(21-9-14)15-11-23-24(2)12-15/h3-9,11-13H,10H2,1-2H3,(H,22,25). The molecular formula is C19H19FN4O2. The number of hydrogen-bond donors (Lipinski definition) is 1. The highest BCUT2D eigenvalue weighted by atomic mass is 19.1. The number of aryl methyl sites for hydroxylation is 1. The van der Waals surface area contributed by atoms with Crippen molar-refractivity contribution in [2.45, 2.75) is 19.6 Å². The summed E-state index contributed by atoms with van der Waals surface area (Å²) in [5, 5.41) is 6.87. The van der Waals surface area contributed by atoms with Gasteiger partial charge in [0.25, 0.3) is 5.91 Å². The molecule has 0 saturated heterocycles. The number of carbonyl (C=O) groups excluding carboxylic acids is 1. The molecule has 2 heterocycles. The van der Waals surface area contributed by atoms with Gasteiger partial charge in [0.2, 0.25) is 0 Å². The number of carbonyl (C=O) groups is 1. The lowest BCUT2D eigenvalue weighted by Crippen LogP contribution is -2.36. The predicted molar refractivity (Wildman–Crippen MR) is 94.8 cm³/mol. The Kier molecular flexibility index (Phi) is 5.26. The highest BCUT2D eigenvalue weighted by Crippen LogP contribution is 2.17. The Morgan fingerprint density at radius 3 is 2.73 bits per heavy atom. The highest BCUT2D eigenvalue weighted by Gasteiger charge is 2.16. The first-order valence-electron chi connectivity index (χ1n) is 8.16. The lowest BCUT2D eigenvalue weighted by molar-refractivity contribution is -0.127. The maximum atomic E-state index is 13.6. The van der Waals surface area contributed by atoms with Crippen molar-refractivity contribution in [1.82, 2.24) is 20.1 Å². The van der Waals surface area contributed by atoms with Crippen LogP contribution in [0.2, 0.25) is 0 Å². The Morgan fingerprint density at radius 1 is 1.27 bits per heavy atom. The first-order chi connectivity index (χ1) is 12.5. The van der Waals surface area contributed by atoms with Crippen LogP contribution in [0.1, 0.15) is 12.5 Å². The molecule has 0 aliphatic heterocycles. The second-order valence-electron chi connectivity index (χ2n) is 5.86. The summed E-state index contributed by atoms with van der Waals surface area (Å²) in [6.45, 7) is 1.88. The number of nitrogens with one attached hydrogen (secondary N) is 1. The summed E-state index contributed by atoms with van der Waals surface area (Å²) in [6, 6.07) is 9.75. The molecule has 0 spiro atoms. The van der Waals surface area contributed by atoms with E-state index in [1.54, 1.807) is 36.1 Å². The summed E-state index contributed by atoms with van der Waals surface area (Å²) in [5.41, 5.74) is 2.59. The van der Waals surface area contributed by atoms with Crippen LogP contribution in [0.15, 0.2) is 55.0 Å². The number of hydrogen-bond acceptors (Lipinski definition) is 4. The van der Waals surface area contributed by atoms with E-state index in [0.717, 1.165) is 16.8 Å². The second-order valence-corrected chi connectivity index (χ2v) is 5.86. The van der Waals surface area contributed by atoms with E-state index in [4.69, 9.17) is 4.74 Å². The number of aromatic nitrogens is 3. The van der Waals surface area contributed by atoms with E-state index < -0.39 is 11.9 Å².